The van der Waals surface area contributed by atoms with E-state index in [1.165, 1.54) is 11.3 Å². The Labute approximate surface area is 128 Å². The van der Waals surface area contributed by atoms with E-state index in [1.54, 1.807) is 19.2 Å². The zero-order chi connectivity index (χ0) is 15.5. The second-order valence-electron chi connectivity index (χ2n) is 5.60. The smallest absolute Gasteiger partial charge is 0.325 e. The van der Waals surface area contributed by atoms with Crippen molar-refractivity contribution in [2.24, 2.45) is 0 Å². The van der Waals surface area contributed by atoms with E-state index < -0.39 is 0 Å². The Morgan fingerprint density at radius 2 is 2.05 bits per heavy atom. The highest BCUT2D eigenvalue weighted by Gasteiger charge is 2.18. The molecule has 0 radical (unpaired) electrons. The largest absolute Gasteiger partial charge is 0.497 e. The Balaban J connectivity index is 2.00. The zero-order valence-corrected chi connectivity index (χ0v) is 13.4. The van der Waals surface area contributed by atoms with Gasteiger partial charge < -0.3 is 10.1 Å². The molecule has 0 bridgehead atoms. The van der Waals surface area contributed by atoms with Gasteiger partial charge in [0.1, 0.15) is 5.75 Å². The second kappa shape index (κ2) is 6.13. The van der Waals surface area contributed by atoms with Crippen molar-refractivity contribution in [3.05, 3.63) is 35.3 Å². The van der Waals surface area contributed by atoms with E-state index in [0.717, 1.165) is 5.69 Å². The number of nitrogens with one attached hydrogen (secondary N) is 2. The molecule has 0 aliphatic rings. The Hall–Kier alpha value is -2.08. The molecule has 0 saturated carbocycles. The molecule has 2 aromatic rings. The summed E-state index contributed by atoms with van der Waals surface area (Å²) >= 11 is 1.42. The summed E-state index contributed by atoms with van der Waals surface area (Å²) in [4.78, 5) is 16.4. The number of thiazole rings is 1. The van der Waals surface area contributed by atoms with E-state index in [2.05, 4.69) is 36.4 Å². The van der Waals surface area contributed by atoms with Crippen LogP contribution in [-0.4, -0.2) is 18.1 Å². The van der Waals surface area contributed by atoms with Gasteiger partial charge in [-0.3, -0.25) is 5.32 Å². The normalized spacial score (nSPS) is 11.0. The van der Waals surface area contributed by atoms with E-state index in [9.17, 15) is 4.79 Å². The zero-order valence-electron chi connectivity index (χ0n) is 12.6. The number of hydrogen-bond acceptors (Lipinski definition) is 4. The lowest BCUT2D eigenvalue weighted by molar-refractivity contribution is 0.262. The lowest BCUT2D eigenvalue weighted by atomic mass is 9.93. The molecule has 2 N–H and O–H groups in total. The summed E-state index contributed by atoms with van der Waals surface area (Å²) in [6.07, 6.45) is 0. The van der Waals surface area contributed by atoms with Crippen molar-refractivity contribution in [2.75, 3.05) is 17.7 Å². The molecule has 0 saturated heterocycles. The van der Waals surface area contributed by atoms with Gasteiger partial charge in [-0.2, -0.15) is 0 Å². The number of nitrogens with zero attached hydrogens (tertiary/aromatic N) is 1. The highest BCUT2D eigenvalue weighted by atomic mass is 32.1. The van der Waals surface area contributed by atoms with Gasteiger partial charge in [-0.05, 0) is 12.1 Å². The molecular formula is C15H19N3O2S. The number of aromatic nitrogens is 1. The predicted molar refractivity (Wildman–Crippen MR) is 86.4 cm³/mol. The van der Waals surface area contributed by atoms with Crippen LogP contribution in [0.5, 0.6) is 5.75 Å². The van der Waals surface area contributed by atoms with Gasteiger partial charge in [-0.1, -0.05) is 26.8 Å². The van der Waals surface area contributed by atoms with Gasteiger partial charge >= 0.3 is 6.03 Å². The number of anilines is 2. The standard InChI is InChI=1S/C15H19N3O2S/c1-15(2,3)12-9-21-14(17-12)18-13(19)16-10-6-5-7-11(8-10)20-4/h5-9H,1-4H3,(H2,16,17,18,19). The molecule has 0 spiro atoms. The van der Waals surface area contributed by atoms with Gasteiger partial charge in [0.05, 0.1) is 12.8 Å². The van der Waals surface area contributed by atoms with Gasteiger partial charge in [0.2, 0.25) is 0 Å². The molecule has 2 rings (SSSR count). The molecule has 6 heteroatoms. The monoisotopic (exact) mass is 305 g/mol. The summed E-state index contributed by atoms with van der Waals surface area (Å²) in [6.45, 7) is 6.26. The summed E-state index contributed by atoms with van der Waals surface area (Å²) < 4.78 is 5.11. The third-order valence-corrected chi connectivity index (χ3v) is 3.58. The molecule has 2 amide bonds. The molecule has 1 heterocycles. The fourth-order valence-electron chi connectivity index (χ4n) is 1.64. The summed E-state index contributed by atoms with van der Waals surface area (Å²) in [7, 11) is 1.59. The first-order valence-corrected chi connectivity index (χ1v) is 7.44. The average molecular weight is 305 g/mol. The minimum Gasteiger partial charge on any atom is -0.497 e. The number of benzene rings is 1. The van der Waals surface area contributed by atoms with E-state index in [4.69, 9.17) is 4.74 Å². The lowest BCUT2D eigenvalue weighted by Crippen LogP contribution is -2.19. The maximum Gasteiger partial charge on any atom is 0.325 e. The van der Waals surface area contributed by atoms with Crippen molar-refractivity contribution in [3.63, 3.8) is 0 Å². The molecule has 0 unspecified atom stereocenters. The van der Waals surface area contributed by atoms with Crippen molar-refractivity contribution >= 4 is 28.2 Å². The van der Waals surface area contributed by atoms with E-state index >= 15 is 0 Å². The Morgan fingerprint density at radius 1 is 1.29 bits per heavy atom. The maximum absolute atomic E-state index is 11.9. The van der Waals surface area contributed by atoms with Crippen LogP contribution in [0.3, 0.4) is 0 Å². The van der Waals surface area contributed by atoms with Crippen LogP contribution < -0.4 is 15.4 Å². The molecule has 1 aromatic carbocycles. The highest BCUT2D eigenvalue weighted by Crippen LogP contribution is 2.26. The van der Waals surface area contributed by atoms with Crippen molar-refractivity contribution in [3.8, 4) is 5.75 Å². The highest BCUT2D eigenvalue weighted by molar-refractivity contribution is 7.14. The van der Waals surface area contributed by atoms with Crippen LogP contribution in [0, 0.1) is 0 Å². The number of hydrogen-bond donors (Lipinski definition) is 2. The number of amides is 2. The fourth-order valence-corrected chi connectivity index (χ4v) is 2.57. The molecule has 0 atom stereocenters. The molecule has 0 aliphatic carbocycles. The fraction of sp³-hybridized carbons (Fsp3) is 0.333. The van der Waals surface area contributed by atoms with E-state index in [-0.39, 0.29) is 11.4 Å². The molecule has 0 fully saturated rings. The Kier molecular flexibility index (Phi) is 4.47. The van der Waals surface area contributed by atoms with Gasteiger partial charge in [0.25, 0.3) is 0 Å². The van der Waals surface area contributed by atoms with Crippen molar-refractivity contribution < 1.29 is 9.53 Å². The number of rotatable bonds is 3. The van der Waals surface area contributed by atoms with Crippen LogP contribution in [0.25, 0.3) is 0 Å². The van der Waals surface area contributed by atoms with Gasteiger partial charge in [0, 0.05) is 22.5 Å². The minimum absolute atomic E-state index is 0.0281. The summed E-state index contributed by atoms with van der Waals surface area (Å²) in [5.74, 6) is 0.692. The molecule has 21 heavy (non-hydrogen) atoms. The predicted octanol–water partition coefficient (Wildman–Crippen LogP) is 4.09. The first-order chi connectivity index (χ1) is 9.88. The lowest BCUT2D eigenvalue weighted by Gasteiger charge is -2.14. The van der Waals surface area contributed by atoms with Gasteiger partial charge in [-0.15, -0.1) is 11.3 Å². The first kappa shape index (κ1) is 15.3. The topological polar surface area (TPSA) is 63.2 Å². The number of carbonyl (C=O) groups excluding carboxylic acids is 1. The SMILES string of the molecule is COc1cccc(NC(=O)Nc2nc(C(C)(C)C)cs2)c1. The summed E-state index contributed by atoms with van der Waals surface area (Å²) in [6, 6.07) is 6.86. The number of carbonyl (C=O) groups is 1. The molecule has 1 aromatic heterocycles. The van der Waals surface area contributed by atoms with Crippen molar-refractivity contribution in [1.82, 2.24) is 4.98 Å². The van der Waals surface area contributed by atoms with Crippen molar-refractivity contribution in [2.45, 2.75) is 26.2 Å². The number of ether oxygens (including phenoxy) is 1. The van der Waals surface area contributed by atoms with Crippen LogP contribution in [0.15, 0.2) is 29.6 Å². The first-order valence-electron chi connectivity index (χ1n) is 6.56. The van der Waals surface area contributed by atoms with Crippen LogP contribution >= 0.6 is 11.3 Å². The Morgan fingerprint density at radius 3 is 2.67 bits per heavy atom. The molecule has 0 aliphatic heterocycles. The number of urea groups is 1. The van der Waals surface area contributed by atoms with E-state index in [0.29, 0.717) is 16.6 Å². The second-order valence-corrected chi connectivity index (χ2v) is 6.46. The number of methoxy groups -OCH3 is 1. The van der Waals surface area contributed by atoms with Crippen LogP contribution in [0.1, 0.15) is 26.5 Å². The van der Waals surface area contributed by atoms with Gasteiger partial charge in [-0.25, -0.2) is 9.78 Å². The maximum atomic E-state index is 11.9. The van der Waals surface area contributed by atoms with Crippen LogP contribution in [-0.2, 0) is 5.41 Å². The minimum atomic E-state index is -0.321. The molecule has 5 nitrogen and oxygen atoms in total. The Bertz CT molecular complexity index is 632. The molecule has 112 valence electrons. The van der Waals surface area contributed by atoms with Crippen molar-refractivity contribution in [1.29, 1.82) is 0 Å². The third-order valence-electron chi connectivity index (χ3n) is 2.82. The quantitative estimate of drug-likeness (QED) is 0.897. The van der Waals surface area contributed by atoms with Crippen LogP contribution in [0.4, 0.5) is 15.6 Å². The summed E-state index contributed by atoms with van der Waals surface area (Å²) in [5, 5.41) is 8.03. The van der Waals surface area contributed by atoms with E-state index in [1.807, 2.05) is 17.5 Å². The van der Waals surface area contributed by atoms with Crippen LogP contribution in [0.2, 0.25) is 0 Å². The molecular weight excluding hydrogens is 286 g/mol. The van der Waals surface area contributed by atoms with Gasteiger partial charge in [0.15, 0.2) is 5.13 Å². The average Bonchev–Trinajstić information content (AvgIpc) is 2.87. The third kappa shape index (κ3) is 4.19. The summed E-state index contributed by atoms with van der Waals surface area (Å²) in [5.41, 5.74) is 1.60.